The van der Waals surface area contributed by atoms with E-state index < -0.39 is 0 Å². The van der Waals surface area contributed by atoms with Crippen LogP contribution < -0.4 is 21.9 Å². The van der Waals surface area contributed by atoms with Crippen molar-refractivity contribution >= 4 is 40.2 Å². The van der Waals surface area contributed by atoms with Crippen molar-refractivity contribution in [2.24, 2.45) is 0 Å². The predicted molar refractivity (Wildman–Crippen MR) is 124 cm³/mol. The van der Waals surface area contributed by atoms with Gasteiger partial charge in [-0.3, -0.25) is 9.59 Å². The highest BCUT2D eigenvalue weighted by molar-refractivity contribution is 6.17. The molecule has 1 unspecified atom stereocenters. The van der Waals surface area contributed by atoms with Gasteiger partial charge >= 0.3 is 0 Å². The Kier molecular flexibility index (Phi) is 7.46. The fraction of sp³-hybridized carbons (Fsp3) is 0.364. The van der Waals surface area contributed by atoms with E-state index in [1.54, 1.807) is 16.8 Å². The van der Waals surface area contributed by atoms with Crippen molar-refractivity contribution in [2.45, 2.75) is 45.2 Å². The van der Waals surface area contributed by atoms with Crippen LogP contribution in [0.3, 0.4) is 0 Å². The molecule has 0 aliphatic rings. The average molecular weight is 443 g/mol. The maximum atomic E-state index is 13.3. The van der Waals surface area contributed by atoms with Crippen molar-refractivity contribution in [2.75, 3.05) is 17.6 Å². The van der Waals surface area contributed by atoms with E-state index in [1.807, 2.05) is 24.3 Å². The molecule has 3 aromatic rings. The fourth-order valence-electron chi connectivity index (χ4n) is 3.39. The highest BCUT2D eigenvalue weighted by Crippen LogP contribution is 2.20. The SMILES string of the molecule is CCCC(CNC(C)=O)Nc1nc(N)nc2ccn(Cc3ccc(CCl)cc3)c(=O)c12. The molecule has 1 amide bonds. The number of amides is 1. The first-order chi connectivity index (χ1) is 14.9. The minimum absolute atomic E-state index is 0.0820. The molecular weight excluding hydrogens is 416 g/mol. The van der Waals surface area contributed by atoms with Crippen LogP contribution in [0.15, 0.2) is 41.3 Å². The molecule has 3 rings (SSSR count). The summed E-state index contributed by atoms with van der Waals surface area (Å²) in [5, 5.41) is 6.48. The molecule has 8 nitrogen and oxygen atoms in total. The Morgan fingerprint density at radius 3 is 2.55 bits per heavy atom. The van der Waals surface area contributed by atoms with E-state index in [1.165, 1.54) is 6.92 Å². The van der Waals surface area contributed by atoms with Gasteiger partial charge in [0.15, 0.2) is 0 Å². The number of benzene rings is 1. The van der Waals surface area contributed by atoms with Gasteiger partial charge in [-0.15, -0.1) is 11.6 Å². The molecule has 0 bridgehead atoms. The largest absolute Gasteiger partial charge is 0.368 e. The quantitative estimate of drug-likeness (QED) is 0.439. The number of hydrogen-bond acceptors (Lipinski definition) is 6. The number of halogens is 1. The molecule has 2 heterocycles. The average Bonchev–Trinajstić information content (AvgIpc) is 2.74. The van der Waals surface area contributed by atoms with Crippen LogP contribution in [0.2, 0.25) is 0 Å². The highest BCUT2D eigenvalue weighted by Gasteiger charge is 2.16. The number of carbonyl (C=O) groups excluding carboxylic acids is 1. The minimum Gasteiger partial charge on any atom is -0.368 e. The Labute approximate surface area is 185 Å². The van der Waals surface area contributed by atoms with Crippen LogP contribution in [-0.2, 0) is 17.2 Å². The van der Waals surface area contributed by atoms with Crippen molar-refractivity contribution < 1.29 is 4.79 Å². The van der Waals surface area contributed by atoms with Crippen molar-refractivity contribution in [1.82, 2.24) is 19.9 Å². The topological polar surface area (TPSA) is 115 Å². The van der Waals surface area contributed by atoms with Gasteiger partial charge < -0.3 is 20.9 Å². The molecule has 31 heavy (non-hydrogen) atoms. The summed E-state index contributed by atoms with van der Waals surface area (Å²) in [7, 11) is 0. The number of aromatic nitrogens is 3. The molecule has 0 aliphatic heterocycles. The van der Waals surface area contributed by atoms with Gasteiger partial charge in [-0.25, -0.2) is 4.98 Å². The first kappa shape index (κ1) is 22.6. The first-order valence-electron chi connectivity index (χ1n) is 10.2. The fourth-order valence-corrected chi connectivity index (χ4v) is 3.57. The number of hydrogen-bond donors (Lipinski definition) is 3. The lowest BCUT2D eigenvalue weighted by Gasteiger charge is -2.20. The maximum absolute atomic E-state index is 13.3. The lowest BCUT2D eigenvalue weighted by atomic mass is 10.1. The molecule has 0 radical (unpaired) electrons. The van der Waals surface area contributed by atoms with Crippen molar-refractivity contribution in [3.63, 3.8) is 0 Å². The molecule has 4 N–H and O–H groups in total. The van der Waals surface area contributed by atoms with Crippen LogP contribution in [0.25, 0.3) is 10.9 Å². The minimum atomic E-state index is -0.212. The number of rotatable bonds is 9. The van der Waals surface area contributed by atoms with E-state index in [0.29, 0.717) is 35.7 Å². The van der Waals surface area contributed by atoms with E-state index in [-0.39, 0.29) is 23.5 Å². The van der Waals surface area contributed by atoms with Gasteiger partial charge in [-0.05, 0) is 23.6 Å². The summed E-state index contributed by atoms with van der Waals surface area (Å²) in [4.78, 5) is 33.2. The number of nitrogen functional groups attached to an aromatic ring is 1. The number of fused-ring (bicyclic) bond motifs is 1. The number of nitrogens with zero attached hydrogens (tertiary/aromatic N) is 3. The van der Waals surface area contributed by atoms with Crippen LogP contribution >= 0.6 is 11.6 Å². The van der Waals surface area contributed by atoms with Gasteiger partial charge in [0.05, 0.1) is 12.1 Å². The summed E-state index contributed by atoms with van der Waals surface area (Å²) in [5.74, 6) is 0.792. The second kappa shape index (κ2) is 10.3. The summed E-state index contributed by atoms with van der Waals surface area (Å²) >= 11 is 5.85. The number of anilines is 2. The Hall–Kier alpha value is -3.13. The molecule has 164 valence electrons. The van der Waals surface area contributed by atoms with Crippen LogP contribution in [0.1, 0.15) is 37.8 Å². The van der Waals surface area contributed by atoms with Gasteiger partial charge in [0.2, 0.25) is 11.9 Å². The molecule has 2 aromatic heterocycles. The smallest absolute Gasteiger partial charge is 0.264 e. The summed E-state index contributed by atoms with van der Waals surface area (Å²) in [6.45, 7) is 4.35. The van der Waals surface area contributed by atoms with Gasteiger partial charge in [-0.1, -0.05) is 37.6 Å². The van der Waals surface area contributed by atoms with Crippen molar-refractivity contribution in [3.8, 4) is 0 Å². The van der Waals surface area contributed by atoms with Crippen LogP contribution in [-0.4, -0.2) is 33.0 Å². The molecular formula is C22H27ClN6O2. The monoisotopic (exact) mass is 442 g/mol. The van der Waals surface area contributed by atoms with Crippen molar-refractivity contribution in [3.05, 3.63) is 58.0 Å². The zero-order valence-electron chi connectivity index (χ0n) is 17.7. The maximum Gasteiger partial charge on any atom is 0.264 e. The number of nitrogens with one attached hydrogen (secondary N) is 2. The Bertz CT molecular complexity index is 1110. The predicted octanol–water partition coefficient (Wildman–Crippen LogP) is 2.88. The van der Waals surface area contributed by atoms with E-state index in [0.717, 1.165) is 24.0 Å². The second-order valence-electron chi connectivity index (χ2n) is 7.46. The third kappa shape index (κ3) is 5.73. The molecule has 0 spiro atoms. The number of alkyl halides is 1. The van der Waals surface area contributed by atoms with E-state index in [4.69, 9.17) is 17.3 Å². The standard InChI is InChI=1S/C22H27ClN6O2/c1-3-4-17(12-25-14(2)30)26-20-19-18(27-22(24)28-20)9-10-29(21(19)31)13-16-7-5-15(11-23)6-8-16/h5-10,17H,3-4,11-13H2,1-2H3,(H,25,30)(H3,24,26,27,28). The van der Waals surface area contributed by atoms with Gasteiger partial charge in [-0.2, -0.15) is 4.98 Å². The van der Waals surface area contributed by atoms with Gasteiger partial charge in [0.25, 0.3) is 5.56 Å². The summed E-state index contributed by atoms with van der Waals surface area (Å²) in [6, 6.07) is 9.47. The lowest BCUT2D eigenvalue weighted by molar-refractivity contribution is -0.119. The Morgan fingerprint density at radius 2 is 1.90 bits per heavy atom. The zero-order chi connectivity index (χ0) is 22.4. The molecule has 1 atom stereocenters. The summed E-state index contributed by atoms with van der Waals surface area (Å²) in [6.07, 6.45) is 3.40. The third-order valence-electron chi connectivity index (χ3n) is 4.95. The first-order valence-corrected chi connectivity index (χ1v) is 10.8. The number of pyridine rings is 1. The zero-order valence-corrected chi connectivity index (χ0v) is 18.4. The number of nitrogens with two attached hydrogens (primary N) is 1. The second-order valence-corrected chi connectivity index (χ2v) is 7.72. The van der Waals surface area contributed by atoms with Crippen LogP contribution in [0.4, 0.5) is 11.8 Å². The molecule has 0 fully saturated rings. The van der Waals surface area contributed by atoms with E-state index >= 15 is 0 Å². The molecule has 1 aromatic carbocycles. The van der Waals surface area contributed by atoms with Crippen molar-refractivity contribution in [1.29, 1.82) is 0 Å². The Morgan fingerprint density at radius 1 is 1.19 bits per heavy atom. The van der Waals surface area contributed by atoms with Gasteiger partial charge in [0, 0.05) is 31.6 Å². The third-order valence-corrected chi connectivity index (χ3v) is 5.26. The summed E-state index contributed by atoms with van der Waals surface area (Å²) in [5.41, 5.74) is 8.15. The highest BCUT2D eigenvalue weighted by atomic mass is 35.5. The Balaban J connectivity index is 1.97. The van der Waals surface area contributed by atoms with Gasteiger partial charge in [0.1, 0.15) is 11.2 Å². The normalized spacial score (nSPS) is 12.0. The number of carbonyl (C=O) groups is 1. The van der Waals surface area contributed by atoms with Crippen LogP contribution in [0, 0.1) is 0 Å². The molecule has 0 saturated heterocycles. The van der Waals surface area contributed by atoms with E-state index in [9.17, 15) is 9.59 Å². The molecule has 9 heteroatoms. The molecule has 0 saturated carbocycles. The molecule has 0 aliphatic carbocycles. The van der Waals surface area contributed by atoms with E-state index in [2.05, 4.69) is 27.5 Å². The summed E-state index contributed by atoms with van der Waals surface area (Å²) < 4.78 is 1.62. The van der Waals surface area contributed by atoms with Crippen LogP contribution in [0.5, 0.6) is 0 Å². The lowest BCUT2D eigenvalue weighted by Crippen LogP contribution is -2.36.